The summed E-state index contributed by atoms with van der Waals surface area (Å²) < 4.78 is 0. The van der Waals surface area contributed by atoms with Crippen LogP contribution in [0.15, 0.2) is 60.9 Å². The number of rotatable bonds is 4. The predicted molar refractivity (Wildman–Crippen MR) is 127 cm³/mol. The van der Waals surface area contributed by atoms with E-state index in [-0.39, 0.29) is 5.91 Å². The Kier molecular flexibility index (Phi) is 6.00. The number of likely N-dealkylation sites (tertiary alicyclic amines) is 1. The van der Waals surface area contributed by atoms with Gasteiger partial charge in [-0.2, -0.15) is 0 Å². The number of piperazine rings is 1. The quantitative estimate of drug-likeness (QED) is 0.577. The maximum atomic E-state index is 12.9. The van der Waals surface area contributed by atoms with E-state index in [1.165, 1.54) is 0 Å². The second-order valence-corrected chi connectivity index (χ2v) is 8.96. The van der Waals surface area contributed by atoms with E-state index in [9.17, 15) is 4.79 Å². The van der Waals surface area contributed by atoms with E-state index >= 15 is 0 Å². The second kappa shape index (κ2) is 9.06. The van der Waals surface area contributed by atoms with Gasteiger partial charge in [-0.25, -0.2) is 9.97 Å². The third-order valence-corrected chi connectivity index (χ3v) is 6.94. The molecule has 5 rings (SSSR count). The van der Waals surface area contributed by atoms with E-state index in [2.05, 4.69) is 19.8 Å². The van der Waals surface area contributed by atoms with Crippen LogP contribution in [0.25, 0.3) is 11.1 Å². The van der Waals surface area contributed by atoms with Crippen LogP contribution in [0.4, 0.5) is 5.95 Å². The highest BCUT2D eigenvalue weighted by Gasteiger charge is 2.36. The Balaban J connectivity index is 1.14. The molecule has 2 aromatic carbocycles. The number of hydrogen-bond donors (Lipinski definition) is 0. The lowest BCUT2D eigenvalue weighted by Gasteiger charge is -2.48. The lowest BCUT2D eigenvalue weighted by Crippen LogP contribution is -2.64. The zero-order chi connectivity index (χ0) is 22.1. The van der Waals surface area contributed by atoms with Crippen molar-refractivity contribution in [3.8, 4) is 11.1 Å². The maximum Gasteiger partial charge on any atom is 0.253 e. The first-order valence-corrected chi connectivity index (χ1v) is 11.4. The summed E-state index contributed by atoms with van der Waals surface area (Å²) in [6.45, 7) is 5.28. The van der Waals surface area contributed by atoms with E-state index < -0.39 is 0 Å². The Morgan fingerprint density at radius 2 is 1.50 bits per heavy atom. The van der Waals surface area contributed by atoms with Crippen LogP contribution >= 0.6 is 23.2 Å². The molecule has 2 saturated heterocycles. The summed E-state index contributed by atoms with van der Waals surface area (Å²) in [5.74, 6) is 0.875. The molecular formula is C24H23Cl2N5O. The van der Waals surface area contributed by atoms with Gasteiger partial charge in [0.15, 0.2) is 0 Å². The minimum Gasteiger partial charge on any atom is -0.338 e. The molecule has 2 fully saturated rings. The Morgan fingerprint density at radius 3 is 2.16 bits per heavy atom. The van der Waals surface area contributed by atoms with Crippen molar-refractivity contribution >= 4 is 35.1 Å². The zero-order valence-electron chi connectivity index (χ0n) is 17.5. The average Bonchev–Trinajstić information content (AvgIpc) is 2.81. The molecule has 0 bridgehead atoms. The molecule has 32 heavy (non-hydrogen) atoms. The summed E-state index contributed by atoms with van der Waals surface area (Å²) in [4.78, 5) is 28.2. The van der Waals surface area contributed by atoms with Gasteiger partial charge in [-0.1, -0.05) is 41.4 Å². The summed E-state index contributed by atoms with van der Waals surface area (Å²) in [5.41, 5.74) is 2.68. The molecule has 1 aromatic heterocycles. The highest BCUT2D eigenvalue weighted by molar-refractivity contribution is 6.42. The number of carbonyl (C=O) groups excluding carboxylic acids is 1. The topological polar surface area (TPSA) is 52.6 Å². The fourth-order valence-electron chi connectivity index (χ4n) is 4.26. The van der Waals surface area contributed by atoms with Crippen molar-refractivity contribution in [2.75, 3.05) is 44.2 Å². The Morgan fingerprint density at radius 1 is 0.844 bits per heavy atom. The number of hydrogen-bond acceptors (Lipinski definition) is 5. The fourth-order valence-corrected chi connectivity index (χ4v) is 4.56. The van der Waals surface area contributed by atoms with Crippen LogP contribution in [-0.2, 0) is 0 Å². The van der Waals surface area contributed by atoms with Gasteiger partial charge in [-0.3, -0.25) is 9.69 Å². The van der Waals surface area contributed by atoms with Gasteiger partial charge in [-0.05, 0) is 41.5 Å². The van der Waals surface area contributed by atoms with E-state index in [4.69, 9.17) is 23.2 Å². The molecule has 0 aliphatic carbocycles. The van der Waals surface area contributed by atoms with Crippen LogP contribution in [0.3, 0.4) is 0 Å². The van der Waals surface area contributed by atoms with E-state index in [0.717, 1.165) is 56.3 Å². The van der Waals surface area contributed by atoms with Gasteiger partial charge in [0.05, 0.1) is 10.0 Å². The molecule has 2 aliphatic rings. The van der Waals surface area contributed by atoms with Crippen LogP contribution in [-0.4, -0.2) is 71.0 Å². The highest BCUT2D eigenvalue weighted by Crippen LogP contribution is 2.29. The summed E-state index contributed by atoms with van der Waals surface area (Å²) in [7, 11) is 0. The van der Waals surface area contributed by atoms with Gasteiger partial charge >= 0.3 is 0 Å². The number of carbonyl (C=O) groups is 1. The van der Waals surface area contributed by atoms with Crippen molar-refractivity contribution < 1.29 is 4.79 Å². The predicted octanol–water partition coefficient (Wildman–Crippen LogP) is 4.10. The first-order valence-electron chi connectivity index (χ1n) is 10.7. The maximum absolute atomic E-state index is 12.9. The molecule has 8 heteroatoms. The van der Waals surface area contributed by atoms with Crippen LogP contribution in [0.5, 0.6) is 0 Å². The van der Waals surface area contributed by atoms with Gasteiger partial charge in [0, 0.05) is 63.3 Å². The zero-order valence-corrected chi connectivity index (χ0v) is 19.0. The van der Waals surface area contributed by atoms with Gasteiger partial charge in [0.2, 0.25) is 5.95 Å². The van der Waals surface area contributed by atoms with E-state index in [1.807, 2.05) is 47.4 Å². The van der Waals surface area contributed by atoms with Gasteiger partial charge < -0.3 is 9.80 Å². The largest absolute Gasteiger partial charge is 0.338 e. The molecule has 2 aliphatic heterocycles. The minimum atomic E-state index is 0.0817. The smallest absolute Gasteiger partial charge is 0.253 e. The monoisotopic (exact) mass is 467 g/mol. The number of anilines is 1. The molecule has 0 radical (unpaired) electrons. The molecule has 0 atom stereocenters. The van der Waals surface area contributed by atoms with Gasteiger partial charge in [0.25, 0.3) is 5.91 Å². The number of aromatic nitrogens is 2. The van der Waals surface area contributed by atoms with E-state index in [0.29, 0.717) is 21.7 Å². The second-order valence-electron chi connectivity index (χ2n) is 8.14. The Bertz CT molecular complexity index is 1100. The van der Waals surface area contributed by atoms with Crippen molar-refractivity contribution in [2.24, 2.45) is 0 Å². The normalized spacial score (nSPS) is 17.3. The standard InChI is InChI=1S/C24H23Cl2N5O/c25-21-7-6-19(14-22(21)26)17-2-4-18(5-3-17)23(32)31-15-20(16-31)29-10-12-30(13-11-29)24-27-8-1-9-28-24/h1-9,14,20H,10-13,15-16H2. The molecule has 3 aromatic rings. The van der Waals surface area contributed by atoms with Crippen molar-refractivity contribution in [3.63, 3.8) is 0 Å². The molecule has 0 N–H and O–H groups in total. The molecular weight excluding hydrogens is 445 g/mol. The first kappa shape index (κ1) is 21.2. The third-order valence-electron chi connectivity index (χ3n) is 6.20. The summed E-state index contributed by atoms with van der Waals surface area (Å²) in [6, 6.07) is 15.5. The van der Waals surface area contributed by atoms with Crippen molar-refractivity contribution in [2.45, 2.75) is 6.04 Å². The van der Waals surface area contributed by atoms with Gasteiger partial charge in [0.1, 0.15) is 0 Å². The number of halogens is 2. The van der Waals surface area contributed by atoms with Gasteiger partial charge in [-0.15, -0.1) is 0 Å². The number of benzene rings is 2. The number of nitrogens with zero attached hydrogens (tertiary/aromatic N) is 5. The Labute approximate surface area is 197 Å². The highest BCUT2D eigenvalue weighted by atomic mass is 35.5. The van der Waals surface area contributed by atoms with E-state index in [1.54, 1.807) is 18.5 Å². The lowest BCUT2D eigenvalue weighted by atomic mass is 10.0. The average molecular weight is 468 g/mol. The first-order chi connectivity index (χ1) is 15.6. The molecule has 0 spiro atoms. The van der Waals surface area contributed by atoms with Crippen LogP contribution in [0.2, 0.25) is 10.0 Å². The lowest BCUT2D eigenvalue weighted by molar-refractivity contribution is 0.0246. The van der Waals surface area contributed by atoms with Crippen molar-refractivity contribution in [1.29, 1.82) is 0 Å². The SMILES string of the molecule is O=C(c1ccc(-c2ccc(Cl)c(Cl)c2)cc1)N1CC(N2CCN(c3ncccn3)CC2)C1. The third kappa shape index (κ3) is 4.31. The Hall–Kier alpha value is -2.67. The molecule has 1 amide bonds. The minimum absolute atomic E-state index is 0.0817. The molecule has 3 heterocycles. The van der Waals surface area contributed by atoms with Crippen LogP contribution in [0, 0.1) is 0 Å². The fraction of sp³-hybridized carbons (Fsp3) is 0.292. The van der Waals surface area contributed by atoms with Crippen molar-refractivity contribution in [3.05, 3.63) is 76.5 Å². The molecule has 6 nitrogen and oxygen atoms in total. The molecule has 164 valence electrons. The summed E-state index contributed by atoms with van der Waals surface area (Å²) >= 11 is 12.1. The van der Waals surface area contributed by atoms with Crippen LogP contribution < -0.4 is 4.90 Å². The number of amides is 1. The summed E-state index contributed by atoms with van der Waals surface area (Å²) in [5, 5.41) is 1.05. The summed E-state index contributed by atoms with van der Waals surface area (Å²) in [6.07, 6.45) is 3.56. The molecule has 0 unspecified atom stereocenters. The van der Waals surface area contributed by atoms with Crippen molar-refractivity contribution in [1.82, 2.24) is 19.8 Å². The molecule has 0 saturated carbocycles. The van der Waals surface area contributed by atoms with Crippen LogP contribution in [0.1, 0.15) is 10.4 Å².